The molecule has 1 aromatic heterocycles. The number of ether oxygens (including phenoxy) is 2. The molecule has 1 saturated heterocycles. The van der Waals surface area contributed by atoms with E-state index in [1.165, 1.54) is 0 Å². The van der Waals surface area contributed by atoms with Crippen molar-refractivity contribution in [2.24, 2.45) is 0 Å². The van der Waals surface area contributed by atoms with E-state index in [0.29, 0.717) is 6.61 Å². The van der Waals surface area contributed by atoms with Gasteiger partial charge < -0.3 is 14.4 Å². The van der Waals surface area contributed by atoms with Gasteiger partial charge in [0.15, 0.2) is 0 Å². The van der Waals surface area contributed by atoms with E-state index in [1.807, 2.05) is 32.9 Å². The van der Waals surface area contributed by atoms with Crippen LogP contribution in [0.1, 0.15) is 27.2 Å². The first-order valence-corrected chi connectivity index (χ1v) is 6.48. The first-order valence-electron chi connectivity index (χ1n) is 6.48. The highest BCUT2D eigenvalue weighted by Gasteiger charge is 2.35. The van der Waals surface area contributed by atoms with Crippen LogP contribution in [0, 0.1) is 0 Å². The Labute approximate surface area is 113 Å². The molecule has 1 aliphatic rings. The molecule has 5 heteroatoms. The fourth-order valence-electron chi connectivity index (χ4n) is 1.80. The Kier molecular flexibility index (Phi) is 3.93. The maximum absolute atomic E-state index is 11.9. The second-order valence-electron chi connectivity index (χ2n) is 5.62. The van der Waals surface area contributed by atoms with Crippen LogP contribution in [0.15, 0.2) is 24.5 Å². The van der Waals surface area contributed by atoms with Gasteiger partial charge in [-0.3, -0.25) is 4.98 Å². The van der Waals surface area contributed by atoms with E-state index in [-0.39, 0.29) is 12.1 Å². The van der Waals surface area contributed by atoms with Crippen molar-refractivity contribution in [1.29, 1.82) is 0 Å². The number of nitrogens with zero attached hydrogens (tertiary/aromatic N) is 2. The molecule has 1 atom stereocenters. The molecule has 0 radical (unpaired) electrons. The first kappa shape index (κ1) is 13.6. The smallest absolute Gasteiger partial charge is 0.410 e. The Bertz CT molecular complexity index is 428. The summed E-state index contributed by atoms with van der Waals surface area (Å²) in [6, 6.07) is 3.76. The summed E-state index contributed by atoms with van der Waals surface area (Å²) in [5.74, 6) is 0.721. The maximum atomic E-state index is 11.9. The van der Waals surface area contributed by atoms with E-state index in [2.05, 4.69) is 4.98 Å². The molecule has 0 aliphatic carbocycles. The summed E-state index contributed by atoms with van der Waals surface area (Å²) >= 11 is 0. The molecule has 5 nitrogen and oxygen atoms in total. The molecule has 0 saturated carbocycles. The number of likely N-dealkylation sites (tertiary alicyclic amines) is 1. The summed E-state index contributed by atoms with van der Waals surface area (Å²) in [5, 5.41) is 0. The zero-order valence-corrected chi connectivity index (χ0v) is 11.6. The number of aromatic nitrogens is 1. The number of hydrogen-bond donors (Lipinski definition) is 0. The Morgan fingerprint density at radius 1 is 1.53 bits per heavy atom. The molecule has 104 valence electrons. The molecule has 1 fully saturated rings. The minimum absolute atomic E-state index is 0.0926. The van der Waals surface area contributed by atoms with Crippen LogP contribution < -0.4 is 4.74 Å². The van der Waals surface area contributed by atoms with Crippen LogP contribution in [-0.4, -0.2) is 40.8 Å². The van der Waals surface area contributed by atoms with Gasteiger partial charge in [0.25, 0.3) is 0 Å². The van der Waals surface area contributed by atoms with Crippen LogP contribution in [0.3, 0.4) is 0 Å². The van der Waals surface area contributed by atoms with Gasteiger partial charge in [0.2, 0.25) is 0 Å². The number of hydrogen-bond acceptors (Lipinski definition) is 4. The molecular formula is C14H20N2O3. The van der Waals surface area contributed by atoms with Gasteiger partial charge in [-0.1, -0.05) is 0 Å². The normalized spacial score (nSPS) is 18.7. The number of amides is 1. The van der Waals surface area contributed by atoms with E-state index in [4.69, 9.17) is 9.47 Å². The summed E-state index contributed by atoms with van der Waals surface area (Å²) in [5.41, 5.74) is -0.457. The van der Waals surface area contributed by atoms with Crippen molar-refractivity contribution < 1.29 is 14.3 Å². The molecule has 0 bridgehead atoms. The van der Waals surface area contributed by atoms with Crippen LogP contribution in [0.4, 0.5) is 4.79 Å². The average molecular weight is 264 g/mol. The van der Waals surface area contributed by atoms with Crippen molar-refractivity contribution in [2.45, 2.75) is 38.8 Å². The summed E-state index contributed by atoms with van der Waals surface area (Å²) in [4.78, 5) is 17.6. The number of rotatable bonds is 3. The maximum Gasteiger partial charge on any atom is 0.410 e. The van der Waals surface area contributed by atoms with E-state index in [1.54, 1.807) is 17.3 Å². The highest BCUT2D eigenvalue weighted by Crippen LogP contribution is 2.22. The van der Waals surface area contributed by atoms with Gasteiger partial charge in [-0.2, -0.15) is 0 Å². The molecule has 0 spiro atoms. The van der Waals surface area contributed by atoms with Crippen LogP contribution >= 0.6 is 0 Å². The van der Waals surface area contributed by atoms with Gasteiger partial charge in [-0.05, 0) is 39.3 Å². The molecule has 2 heterocycles. The number of pyridine rings is 1. The van der Waals surface area contributed by atoms with Gasteiger partial charge >= 0.3 is 6.09 Å². The van der Waals surface area contributed by atoms with Crippen molar-refractivity contribution in [2.75, 3.05) is 13.2 Å². The van der Waals surface area contributed by atoms with Crippen LogP contribution in [0.25, 0.3) is 0 Å². The monoisotopic (exact) mass is 264 g/mol. The lowest BCUT2D eigenvalue weighted by atomic mass is 10.1. The average Bonchev–Trinajstić information content (AvgIpc) is 2.26. The minimum atomic E-state index is -0.457. The summed E-state index contributed by atoms with van der Waals surface area (Å²) in [6.45, 7) is 6.81. The van der Waals surface area contributed by atoms with Crippen molar-refractivity contribution >= 4 is 6.09 Å². The molecule has 19 heavy (non-hydrogen) atoms. The van der Waals surface area contributed by atoms with Crippen molar-refractivity contribution in [1.82, 2.24) is 9.88 Å². The Balaban J connectivity index is 1.81. The predicted molar refractivity (Wildman–Crippen MR) is 71.1 cm³/mol. The molecule has 2 rings (SSSR count). The zero-order chi connectivity index (χ0) is 13.9. The second kappa shape index (κ2) is 5.47. The van der Waals surface area contributed by atoms with Gasteiger partial charge in [0.05, 0.1) is 12.2 Å². The molecular weight excluding hydrogens is 244 g/mol. The summed E-state index contributed by atoms with van der Waals surface area (Å²) in [7, 11) is 0. The minimum Gasteiger partial charge on any atom is -0.490 e. The predicted octanol–water partition coefficient (Wildman–Crippen LogP) is 2.47. The van der Waals surface area contributed by atoms with E-state index >= 15 is 0 Å². The van der Waals surface area contributed by atoms with Gasteiger partial charge in [-0.25, -0.2) is 4.79 Å². The van der Waals surface area contributed by atoms with Crippen LogP contribution in [0.2, 0.25) is 0 Å². The lowest BCUT2D eigenvalue weighted by Gasteiger charge is -2.40. The number of carbonyl (C=O) groups excluding carboxylic acids is 1. The van der Waals surface area contributed by atoms with E-state index < -0.39 is 5.60 Å². The third-order valence-electron chi connectivity index (χ3n) is 2.85. The molecule has 0 aromatic carbocycles. The third-order valence-corrected chi connectivity index (χ3v) is 2.85. The fourth-order valence-corrected chi connectivity index (χ4v) is 1.80. The number of carbonyl (C=O) groups is 1. The Hall–Kier alpha value is -1.78. The fraction of sp³-hybridized carbons (Fsp3) is 0.571. The summed E-state index contributed by atoms with van der Waals surface area (Å²) < 4.78 is 11.0. The van der Waals surface area contributed by atoms with Gasteiger partial charge in [0.1, 0.15) is 18.0 Å². The lowest BCUT2D eigenvalue weighted by Crippen LogP contribution is -2.55. The topological polar surface area (TPSA) is 51.7 Å². The van der Waals surface area contributed by atoms with Gasteiger partial charge in [-0.15, -0.1) is 0 Å². The van der Waals surface area contributed by atoms with Gasteiger partial charge in [0, 0.05) is 12.7 Å². The van der Waals surface area contributed by atoms with E-state index in [0.717, 1.165) is 18.7 Å². The summed E-state index contributed by atoms with van der Waals surface area (Å²) in [6.07, 6.45) is 4.04. The standard InChI is InChI=1S/C14H20N2O3/c1-14(2,3)19-13(17)16-8-6-11(16)10-18-12-5-4-7-15-9-12/h4-5,7,9,11H,6,8,10H2,1-3H3. The largest absolute Gasteiger partial charge is 0.490 e. The highest BCUT2D eigenvalue weighted by molar-refractivity contribution is 5.69. The second-order valence-corrected chi connectivity index (χ2v) is 5.62. The highest BCUT2D eigenvalue weighted by atomic mass is 16.6. The molecule has 1 aliphatic heterocycles. The van der Waals surface area contributed by atoms with Crippen molar-refractivity contribution in [3.8, 4) is 5.75 Å². The molecule has 1 unspecified atom stereocenters. The third kappa shape index (κ3) is 3.84. The molecule has 1 aromatic rings. The molecule has 0 N–H and O–H groups in total. The zero-order valence-electron chi connectivity index (χ0n) is 11.6. The van der Waals surface area contributed by atoms with Crippen molar-refractivity contribution in [3.63, 3.8) is 0 Å². The molecule has 1 amide bonds. The lowest BCUT2D eigenvalue weighted by molar-refractivity contribution is -0.0141. The van der Waals surface area contributed by atoms with Crippen LogP contribution in [-0.2, 0) is 4.74 Å². The quantitative estimate of drug-likeness (QED) is 0.841. The first-order chi connectivity index (χ1) is 8.96. The van der Waals surface area contributed by atoms with Crippen molar-refractivity contribution in [3.05, 3.63) is 24.5 Å². The van der Waals surface area contributed by atoms with E-state index in [9.17, 15) is 4.79 Å². The Morgan fingerprint density at radius 2 is 2.32 bits per heavy atom. The SMILES string of the molecule is CC(C)(C)OC(=O)N1CCC1COc1cccnc1. The van der Waals surface area contributed by atoms with Crippen LogP contribution in [0.5, 0.6) is 5.75 Å². The Morgan fingerprint density at radius 3 is 2.84 bits per heavy atom.